The van der Waals surface area contributed by atoms with Crippen LogP contribution in [0.15, 0.2) is 227 Å². The molecule has 4 heteroatoms. The Morgan fingerprint density at radius 2 is 0.967 bits per heavy atom. The van der Waals surface area contributed by atoms with E-state index in [0.717, 1.165) is 99.5 Å². The molecule has 4 nitrogen and oxygen atoms in total. The Kier molecular flexibility index (Phi) is 8.13. The Morgan fingerprint density at radius 3 is 1.80 bits per heavy atom. The molecule has 2 heterocycles. The first kappa shape index (κ1) is 34.8. The first-order chi connectivity index (χ1) is 30.2. The first-order valence-electron chi connectivity index (χ1n) is 20.6. The third kappa shape index (κ3) is 5.88. The van der Waals surface area contributed by atoms with Crippen molar-refractivity contribution < 1.29 is 8.83 Å². The van der Waals surface area contributed by atoms with E-state index in [1.54, 1.807) is 0 Å². The molecule has 286 valence electrons. The molecule has 0 saturated heterocycles. The van der Waals surface area contributed by atoms with Gasteiger partial charge in [0.1, 0.15) is 16.7 Å². The van der Waals surface area contributed by atoms with Gasteiger partial charge in [-0.25, -0.2) is 4.98 Å². The van der Waals surface area contributed by atoms with Gasteiger partial charge in [-0.3, -0.25) is 0 Å². The van der Waals surface area contributed by atoms with Crippen LogP contribution in [0.2, 0.25) is 0 Å². The zero-order valence-corrected chi connectivity index (χ0v) is 33.0. The number of anilines is 3. The summed E-state index contributed by atoms with van der Waals surface area (Å²) in [6.45, 7) is 0. The van der Waals surface area contributed by atoms with Crippen molar-refractivity contribution in [3.05, 3.63) is 218 Å². The van der Waals surface area contributed by atoms with Gasteiger partial charge in [-0.2, -0.15) is 0 Å². The van der Waals surface area contributed by atoms with Gasteiger partial charge in [-0.05, 0) is 93.0 Å². The summed E-state index contributed by atoms with van der Waals surface area (Å²) >= 11 is 0. The number of oxazole rings is 1. The largest absolute Gasteiger partial charge is 0.455 e. The summed E-state index contributed by atoms with van der Waals surface area (Å²) in [6.07, 6.45) is 0. The van der Waals surface area contributed by atoms with Crippen molar-refractivity contribution in [2.24, 2.45) is 0 Å². The molecular weight excluding hydrogens is 745 g/mol. The van der Waals surface area contributed by atoms with Gasteiger partial charge < -0.3 is 13.7 Å². The van der Waals surface area contributed by atoms with Crippen molar-refractivity contribution in [1.82, 2.24) is 4.98 Å². The number of benzene rings is 10. The maximum absolute atomic E-state index is 6.65. The molecule has 61 heavy (non-hydrogen) atoms. The summed E-state index contributed by atoms with van der Waals surface area (Å²) in [7, 11) is 0. The lowest BCUT2D eigenvalue weighted by atomic mass is 9.93. The summed E-state index contributed by atoms with van der Waals surface area (Å²) in [6, 6.07) is 77.1. The van der Waals surface area contributed by atoms with Crippen LogP contribution in [0.5, 0.6) is 0 Å². The lowest BCUT2D eigenvalue weighted by Gasteiger charge is -2.29. The van der Waals surface area contributed by atoms with E-state index in [-0.39, 0.29) is 0 Å². The number of nitrogens with zero attached hydrogens (tertiary/aromatic N) is 2. The van der Waals surface area contributed by atoms with Gasteiger partial charge in [-0.1, -0.05) is 164 Å². The minimum Gasteiger partial charge on any atom is -0.455 e. The van der Waals surface area contributed by atoms with Crippen LogP contribution in [-0.2, 0) is 0 Å². The molecule has 0 atom stereocenters. The third-order valence-electron chi connectivity index (χ3n) is 11.9. The van der Waals surface area contributed by atoms with Gasteiger partial charge in [0.15, 0.2) is 5.58 Å². The first-order valence-corrected chi connectivity index (χ1v) is 20.6. The minimum atomic E-state index is 0.613. The quantitative estimate of drug-likeness (QED) is 0.151. The fourth-order valence-corrected chi connectivity index (χ4v) is 9.03. The van der Waals surface area contributed by atoms with E-state index in [9.17, 15) is 0 Å². The van der Waals surface area contributed by atoms with Crippen molar-refractivity contribution in [2.75, 3.05) is 4.90 Å². The second-order valence-electron chi connectivity index (χ2n) is 15.5. The van der Waals surface area contributed by atoms with E-state index in [1.807, 2.05) is 42.5 Å². The summed E-state index contributed by atoms with van der Waals surface area (Å²) in [5, 5.41) is 6.60. The monoisotopic (exact) mass is 780 g/mol. The maximum atomic E-state index is 6.65. The number of hydrogen-bond acceptors (Lipinski definition) is 4. The summed E-state index contributed by atoms with van der Waals surface area (Å²) in [5.41, 5.74) is 14.3. The predicted molar refractivity (Wildman–Crippen MR) is 253 cm³/mol. The molecule has 0 bridgehead atoms. The Balaban J connectivity index is 1.07. The Morgan fingerprint density at radius 1 is 0.361 bits per heavy atom. The fourth-order valence-electron chi connectivity index (χ4n) is 9.03. The highest BCUT2D eigenvalue weighted by Gasteiger charge is 2.21. The lowest BCUT2D eigenvalue weighted by Crippen LogP contribution is -2.11. The van der Waals surface area contributed by atoms with Gasteiger partial charge in [-0.15, -0.1) is 0 Å². The lowest BCUT2D eigenvalue weighted by molar-refractivity contribution is 0.623. The number of fused-ring (bicyclic) bond motifs is 8. The van der Waals surface area contributed by atoms with Gasteiger partial charge in [0.2, 0.25) is 5.89 Å². The molecule has 0 amide bonds. The van der Waals surface area contributed by atoms with E-state index in [4.69, 9.17) is 13.8 Å². The zero-order valence-electron chi connectivity index (χ0n) is 33.0. The van der Waals surface area contributed by atoms with E-state index in [0.29, 0.717) is 5.89 Å². The molecule has 0 unspecified atom stereocenters. The zero-order chi connectivity index (χ0) is 40.3. The second kappa shape index (κ2) is 14.3. The predicted octanol–water partition coefficient (Wildman–Crippen LogP) is 16.2. The molecule has 10 aromatic carbocycles. The van der Waals surface area contributed by atoms with Crippen molar-refractivity contribution in [3.63, 3.8) is 0 Å². The van der Waals surface area contributed by atoms with Crippen LogP contribution in [0, 0.1) is 0 Å². The number of hydrogen-bond donors (Lipinski definition) is 0. The van der Waals surface area contributed by atoms with Crippen LogP contribution < -0.4 is 4.90 Å². The number of rotatable bonds is 7. The van der Waals surface area contributed by atoms with Gasteiger partial charge in [0.05, 0.1) is 5.69 Å². The standard InChI is InChI=1S/C57H36N2O2/c1-3-14-37(15-4-1)44-18-7-8-19-46(44)47-20-9-11-24-52(47)59(42-32-28-38(29-33-42)45-22-13-23-49-48-21-10-12-25-53(48)60-55(45)49)43-34-30-39-26-27-40-31-35-51-56(54(40)50(39)36-43)61-57(58-51)41-16-5-2-6-17-41/h1-36H. The highest BCUT2D eigenvalue weighted by molar-refractivity contribution is 6.19. The molecule has 2 aromatic heterocycles. The molecule has 0 aliphatic rings. The second-order valence-corrected chi connectivity index (χ2v) is 15.5. The molecule has 0 aliphatic carbocycles. The number of aromatic nitrogens is 1. The molecule has 12 rings (SSSR count). The number of furan rings is 1. The van der Waals surface area contributed by atoms with Crippen LogP contribution in [0.25, 0.3) is 99.4 Å². The Hall–Kier alpha value is -8.21. The maximum Gasteiger partial charge on any atom is 0.227 e. The smallest absolute Gasteiger partial charge is 0.227 e. The molecule has 0 aliphatic heterocycles. The van der Waals surface area contributed by atoms with Gasteiger partial charge in [0, 0.05) is 44.2 Å². The summed E-state index contributed by atoms with van der Waals surface area (Å²) in [4.78, 5) is 7.34. The van der Waals surface area contributed by atoms with Gasteiger partial charge >= 0.3 is 0 Å². The molecule has 0 spiro atoms. The number of para-hydroxylation sites is 3. The summed E-state index contributed by atoms with van der Waals surface area (Å²) < 4.78 is 13.1. The summed E-state index contributed by atoms with van der Waals surface area (Å²) in [5.74, 6) is 0.613. The fraction of sp³-hybridized carbons (Fsp3) is 0. The SMILES string of the molecule is c1ccc(-c2nc3ccc4ccc5ccc(N(c6ccc(-c7cccc8c7oc7ccccc78)cc6)c6ccccc6-c6ccccc6-c6ccccc6)cc5c4c3o2)cc1. The molecular formula is C57H36N2O2. The average molecular weight is 781 g/mol. The topological polar surface area (TPSA) is 42.4 Å². The molecule has 0 saturated carbocycles. The van der Waals surface area contributed by atoms with Crippen molar-refractivity contribution in [3.8, 4) is 44.8 Å². The van der Waals surface area contributed by atoms with Crippen LogP contribution in [0.4, 0.5) is 17.1 Å². The highest BCUT2D eigenvalue weighted by Crippen LogP contribution is 2.46. The van der Waals surface area contributed by atoms with Crippen LogP contribution in [0.3, 0.4) is 0 Å². The van der Waals surface area contributed by atoms with E-state index >= 15 is 0 Å². The van der Waals surface area contributed by atoms with E-state index < -0.39 is 0 Å². The highest BCUT2D eigenvalue weighted by atomic mass is 16.3. The molecule has 0 N–H and O–H groups in total. The van der Waals surface area contributed by atoms with Crippen LogP contribution in [0.1, 0.15) is 0 Å². The Bertz CT molecular complexity index is 3590. The van der Waals surface area contributed by atoms with Gasteiger partial charge in [0.25, 0.3) is 0 Å². The molecule has 0 fully saturated rings. The van der Waals surface area contributed by atoms with Crippen LogP contribution >= 0.6 is 0 Å². The molecule has 0 radical (unpaired) electrons. The van der Waals surface area contributed by atoms with Crippen LogP contribution in [-0.4, -0.2) is 4.98 Å². The minimum absolute atomic E-state index is 0.613. The molecule has 12 aromatic rings. The normalized spacial score (nSPS) is 11.6. The Labute approximate surface area is 352 Å². The van der Waals surface area contributed by atoms with Crippen molar-refractivity contribution in [1.29, 1.82) is 0 Å². The van der Waals surface area contributed by atoms with E-state index in [1.165, 1.54) is 11.1 Å². The average Bonchev–Trinajstić information content (AvgIpc) is 3.95. The van der Waals surface area contributed by atoms with Crippen molar-refractivity contribution in [2.45, 2.75) is 0 Å². The van der Waals surface area contributed by atoms with Crippen molar-refractivity contribution >= 4 is 71.6 Å². The third-order valence-corrected chi connectivity index (χ3v) is 11.9. The van der Waals surface area contributed by atoms with E-state index in [2.05, 4.69) is 181 Å².